The molecule has 2 nitrogen and oxygen atoms in total. The molecule has 0 amide bonds. The van der Waals surface area contributed by atoms with Crippen LogP contribution in [0.15, 0.2) is 18.2 Å². The fourth-order valence-corrected chi connectivity index (χ4v) is 2.99. The fourth-order valence-electron chi connectivity index (χ4n) is 2.77. The van der Waals surface area contributed by atoms with E-state index in [-0.39, 0.29) is 16.5 Å². The van der Waals surface area contributed by atoms with Crippen LogP contribution < -0.4 is 5.73 Å². The highest BCUT2D eigenvalue weighted by Crippen LogP contribution is 2.36. The molecule has 1 heterocycles. The average molecular weight is 321 g/mol. The molecule has 0 saturated carbocycles. The average Bonchev–Trinajstić information content (AvgIpc) is 2.34. The molecule has 1 aliphatic heterocycles. The van der Waals surface area contributed by atoms with Gasteiger partial charge >= 0.3 is 6.18 Å². The van der Waals surface area contributed by atoms with Crippen LogP contribution in [0.5, 0.6) is 0 Å². The first-order chi connectivity index (χ1) is 9.59. The van der Waals surface area contributed by atoms with Crippen LogP contribution in [-0.4, -0.2) is 24.0 Å². The number of alkyl halides is 3. The van der Waals surface area contributed by atoms with Crippen LogP contribution in [0.4, 0.5) is 13.2 Å². The highest BCUT2D eigenvalue weighted by Gasteiger charge is 2.35. The standard InChI is InChI=1S/C15H20ClF3N2/c1-14(2)9-21(6-5-13(14)20)8-10-3-4-12(16)11(7-10)15(17,18)19/h3-4,7,13H,5-6,8-9,20H2,1-2H3. The van der Waals surface area contributed by atoms with Gasteiger partial charge in [-0.15, -0.1) is 0 Å². The van der Waals surface area contributed by atoms with Gasteiger partial charge in [0.25, 0.3) is 0 Å². The Balaban J connectivity index is 2.14. The Hall–Kier alpha value is -0.780. The van der Waals surface area contributed by atoms with Crippen LogP contribution in [0.2, 0.25) is 5.02 Å². The molecule has 1 unspecified atom stereocenters. The van der Waals surface area contributed by atoms with Crippen molar-refractivity contribution in [2.24, 2.45) is 11.1 Å². The van der Waals surface area contributed by atoms with Crippen molar-refractivity contribution in [1.29, 1.82) is 0 Å². The van der Waals surface area contributed by atoms with Gasteiger partial charge in [-0.05, 0) is 29.5 Å². The molecule has 0 bridgehead atoms. The number of likely N-dealkylation sites (tertiary alicyclic amines) is 1. The SMILES string of the molecule is CC1(C)CN(Cc2ccc(Cl)c(C(F)(F)F)c2)CCC1N. The van der Waals surface area contributed by atoms with Crippen molar-refractivity contribution in [3.8, 4) is 0 Å². The lowest BCUT2D eigenvalue weighted by Crippen LogP contribution is -2.52. The zero-order valence-electron chi connectivity index (χ0n) is 12.2. The van der Waals surface area contributed by atoms with Gasteiger partial charge < -0.3 is 5.73 Å². The first kappa shape index (κ1) is 16.6. The summed E-state index contributed by atoms with van der Waals surface area (Å²) in [5.41, 5.74) is 5.90. The third-order valence-corrected chi connectivity index (χ3v) is 4.46. The van der Waals surface area contributed by atoms with Crippen molar-refractivity contribution in [3.05, 3.63) is 34.3 Å². The normalized spacial score (nSPS) is 23.3. The van der Waals surface area contributed by atoms with E-state index in [0.717, 1.165) is 25.6 Å². The monoisotopic (exact) mass is 320 g/mol. The maximum Gasteiger partial charge on any atom is 0.417 e. The summed E-state index contributed by atoms with van der Waals surface area (Å²) < 4.78 is 38.6. The molecule has 0 spiro atoms. The van der Waals surface area contributed by atoms with Crippen LogP contribution in [0.1, 0.15) is 31.4 Å². The molecule has 1 aliphatic rings. The first-order valence-electron chi connectivity index (χ1n) is 6.93. The fraction of sp³-hybridized carbons (Fsp3) is 0.600. The van der Waals surface area contributed by atoms with Gasteiger partial charge in [0.2, 0.25) is 0 Å². The van der Waals surface area contributed by atoms with Crippen LogP contribution in [0.3, 0.4) is 0 Å². The minimum atomic E-state index is -4.42. The number of hydrogen-bond acceptors (Lipinski definition) is 2. The molecule has 2 rings (SSSR count). The Morgan fingerprint density at radius 1 is 1.38 bits per heavy atom. The number of rotatable bonds is 2. The predicted octanol–water partition coefficient (Wildman–Crippen LogP) is 3.92. The van der Waals surface area contributed by atoms with Gasteiger partial charge in [-0.2, -0.15) is 13.2 Å². The van der Waals surface area contributed by atoms with Crippen molar-refractivity contribution < 1.29 is 13.2 Å². The number of halogens is 4. The molecule has 2 N–H and O–H groups in total. The van der Waals surface area contributed by atoms with Crippen LogP contribution in [-0.2, 0) is 12.7 Å². The molecular formula is C15H20ClF3N2. The number of nitrogens with two attached hydrogens (primary N) is 1. The summed E-state index contributed by atoms with van der Waals surface area (Å²) in [5, 5.41) is -0.257. The molecule has 118 valence electrons. The molecule has 21 heavy (non-hydrogen) atoms. The number of hydrogen-bond donors (Lipinski definition) is 1. The molecule has 1 aromatic carbocycles. The summed E-state index contributed by atoms with van der Waals surface area (Å²) in [4.78, 5) is 2.15. The minimum absolute atomic E-state index is 0.0302. The third-order valence-electron chi connectivity index (χ3n) is 4.13. The summed E-state index contributed by atoms with van der Waals surface area (Å²) >= 11 is 5.64. The van der Waals surface area contributed by atoms with E-state index in [1.807, 2.05) is 0 Å². The van der Waals surface area contributed by atoms with Crippen molar-refractivity contribution >= 4 is 11.6 Å². The summed E-state index contributed by atoms with van der Waals surface area (Å²) in [6, 6.07) is 4.24. The summed E-state index contributed by atoms with van der Waals surface area (Å²) in [6.45, 7) is 6.24. The van der Waals surface area contributed by atoms with Gasteiger partial charge in [-0.1, -0.05) is 31.5 Å². The van der Waals surface area contributed by atoms with E-state index in [1.54, 1.807) is 6.07 Å². The largest absolute Gasteiger partial charge is 0.417 e. The van der Waals surface area contributed by atoms with Crippen LogP contribution in [0.25, 0.3) is 0 Å². The lowest BCUT2D eigenvalue weighted by atomic mass is 9.79. The summed E-state index contributed by atoms with van der Waals surface area (Å²) in [5.74, 6) is 0. The van der Waals surface area contributed by atoms with E-state index < -0.39 is 11.7 Å². The topological polar surface area (TPSA) is 29.3 Å². The molecule has 0 aromatic heterocycles. The van der Waals surface area contributed by atoms with Gasteiger partial charge in [0.15, 0.2) is 0 Å². The molecule has 1 fully saturated rings. The van der Waals surface area contributed by atoms with Crippen molar-refractivity contribution in [1.82, 2.24) is 4.90 Å². The van der Waals surface area contributed by atoms with E-state index in [2.05, 4.69) is 18.7 Å². The van der Waals surface area contributed by atoms with Crippen molar-refractivity contribution in [2.45, 2.75) is 39.0 Å². The highest BCUT2D eigenvalue weighted by molar-refractivity contribution is 6.31. The summed E-state index contributed by atoms with van der Waals surface area (Å²) in [7, 11) is 0. The van der Waals surface area contributed by atoms with E-state index in [4.69, 9.17) is 17.3 Å². The minimum Gasteiger partial charge on any atom is -0.327 e. The second-order valence-corrected chi connectivity index (χ2v) is 6.81. The maximum atomic E-state index is 12.9. The molecule has 6 heteroatoms. The number of piperidine rings is 1. The van der Waals surface area contributed by atoms with Crippen LogP contribution in [0, 0.1) is 5.41 Å². The molecule has 1 aromatic rings. The van der Waals surface area contributed by atoms with Gasteiger partial charge in [0.05, 0.1) is 10.6 Å². The first-order valence-corrected chi connectivity index (χ1v) is 7.31. The van der Waals surface area contributed by atoms with Crippen molar-refractivity contribution in [3.63, 3.8) is 0 Å². The molecular weight excluding hydrogens is 301 g/mol. The lowest BCUT2D eigenvalue weighted by molar-refractivity contribution is -0.137. The van der Waals surface area contributed by atoms with Gasteiger partial charge in [0, 0.05) is 25.7 Å². The number of nitrogens with zero attached hydrogens (tertiary/aromatic N) is 1. The van der Waals surface area contributed by atoms with Crippen molar-refractivity contribution in [2.75, 3.05) is 13.1 Å². The van der Waals surface area contributed by atoms with Gasteiger partial charge in [-0.3, -0.25) is 4.90 Å². The van der Waals surface area contributed by atoms with E-state index in [9.17, 15) is 13.2 Å². The zero-order chi connectivity index (χ0) is 15.8. The molecule has 1 atom stereocenters. The Kier molecular flexibility index (Phi) is 4.57. The lowest BCUT2D eigenvalue weighted by Gasteiger charge is -2.42. The smallest absolute Gasteiger partial charge is 0.327 e. The van der Waals surface area contributed by atoms with Gasteiger partial charge in [0.1, 0.15) is 0 Å². The third kappa shape index (κ3) is 3.90. The van der Waals surface area contributed by atoms with E-state index >= 15 is 0 Å². The molecule has 1 saturated heterocycles. The molecule has 0 radical (unpaired) electrons. The second kappa shape index (κ2) is 5.78. The Morgan fingerprint density at radius 2 is 2.05 bits per heavy atom. The predicted molar refractivity (Wildman–Crippen MR) is 78.1 cm³/mol. The Bertz CT molecular complexity index is 514. The van der Waals surface area contributed by atoms with Crippen LogP contribution >= 0.6 is 11.6 Å². The van der Waals surface area contributed by atoms with E-state index in [1.165, 1.54) is 6.07 Å². The Labute approximate surface area is 128 Å². The zero-order valence-corrected chi connectivity index (χ0v) is 12.9. The van der Waals surface area contributed by atoms with E-state index in [0.29, 0.717) is 12.1 Å². The second-order valence-electron chi connectivity index (χ2n) is 6.41. The highest BCUT2D eigenvalue weighted by atomic mass is 35.5. The maximum absolute atomic E-state index is 12.9. The number of benzene rings is 1. The summed E-state index contributed by atoms with van der Waals surface area (Å²) in [6.07, 6.45) is -3.57. The molecule has 0 aliphatic carbocycles. The quantitative estimate of drug-likeness (QED) is 0.895. The van der Waals surface area contributed by atoms with Gasteiger partial charge in [-0.25, -0.2) is 0 Å². The Morgan fingerprint density at radius 3 is 2.62 bits per heavy atom.